The molecule has 0 aliphatic carbocycles. The number of hydrogen-bond acceptors (Lipinski definition) is 3. The number of benzene rings is 1. The Balaban J connectivity index is 2.06. The van der Waals surface area contributed by atoms with E-state index in [9.17, 15) is 22.8 Å². The average Bonchev–Trinajstić information content (AvgIpc) is 3.01. The third-order valence-electron chi connectivity index (χ3n) is 4.28. The lowest BCUT2D eigenvalue weighted by Crippen LogP contribution is -2.40. The third-order valence-corrected chi connectivity index (χ3v) is 4.28. The van der Waals surface area contributed by atoms with E-state index in [1.54, 1.807) is 31.2 Å². The number of urea groups is 1. The molecule has 0 saturated carbocycles. The molecule has 1 aromatic rings. The highest BCUT2D eigenvalue weighted by Crippen LogP contribution is 2.37. The van der Waals surface area contributed by atoms with Gasteiger partial charge in [0.2, 0.25) is 0 Å². The van der Waals surface area contributed by atoms with E-state index in [4.69, 9.17) is 9.84 Å². The van der Waals surface area contributed by atoms with Crippen LogP contribution in [0.3, 0.4) is 0 Å². The van der Waals surface area contributed by atoms with E-state index in [0.717, 1.165) is 4.90 Å². The molecule has 0 aromatic heterocycles. The summed E-state index contributed by atoms with van der Waals surface area (Å²) in [6, 6.07) is 5.70. The molecule has 2 amide bonds. The monoisotopic (exact) mass is 360 g/mol. The van der Waals surface area contributed by atoms with Gasteiger partial charge in [0.1, 0.15) is 5.75 Å². The molecule has 138 valence electrons. The van der Waals surface area contributed by atoms with Gasteiger partial charge in [-0.2, -0.15) is 13.2 Å². The quantitative estimate of drug-likeness (QED) is 0.865. The first-order valence-corrected chi connectivity index (χ1v) is 7.62. The highest BCUT2D eigenvalue weighted by atomic mass is 19.4. The van der Waals surface area contributed by atoms with E-state index in [1.165, 1.54) is 7.11 Å². The minimum Gasteiger partial charge on any atom is -0.497 e. The number of carboxylic acids is 1. The summed E-state index contributed by atoms with van der Waals surface area (Å²) in [6.45, 7) is 0.534. The van der Waals surface area contributed by atoms with Crippen molar-refractivity contribution in [3.63, 3.8) is 0 Å². The number of hydrogen-bond donors (Lipinski definition) is 2. The van der Waals surface area contributed by atoms with Gasteiger partial charge in [-0.25, -0.2) is 4.79 Å². The predicted octanol–water partition coefficient (Wildman–Crippen LogP) is 2.66. The molecule has 1 fully saturated rings. The van der Waals surface area contributed by atoms with Gasteiger partial charge in [-0.3, -0.25) is 4.79 Å². The fourth-order valence-electron chi connectivity index (χ4n) is 2.82. The van der Waals surface area contributed by atoms with E-state index >= 15 is 0 Å². The summed E-state index contributed by atoms with van der Waals surface area (Å²) in [4.78, 5) is 24.2. The first kappa shape index (κ1) is 18.9. The van der Waals surface area contributed by atoms with Crippen LogP contribution in [0, 0.1) is 11.8 Å². The second-order valence-electron chi connectivity index (χ2n) is 5.95. The normalized spacial score (nSPS) is 21.7. The number of alkyl halides is 3. The first-order chi connectivity index (χ1) is 11.6. The molecule has 6 nitrogen and oxygen atoms in total. The second-order valence-corrected chi connectivity index (χ2v) is 5.95. The molecule has 1 aromatic carbocycles. The Morgan fingerprint density at radius 2 is 2.04 bits per heavy atom. The Kier molecular flexibility index (Phi) is 5.44. The number of carbonyl (C=O) groups is 2. The lowest BCUT2D eigenvalue weighted by atomic mass is 9.96. The van der Waals surface area contributed by atoms with Crippen molar-refractivity contribution in [2.45, 2.75) is 19.1 Å². The molecule has 1 heterocycles. The van der Waals surface area contributed by atoms with E-state index in [2.05, 4.69) is 5.32 Å². The van der Waals surface area contributed by atoms with E-state index in [0.29, 0.717) is 11.3 Å². The summed E-state index contributed by atoms with van der Waals surface area (Å²) in [7, 11) is 1.50. The minimum absolute atomic E-state index is 0.476. The Labute approximate surface area is 142 Å². The van der Waals surface area contributed by atoms with Crippen molar-refractivity contribution < 1.29 is 32.6 Å². The van der Waals surface area contributed by atoms with Crippen LogP contribution in [-0.4, -0.2) is 48.4 Å². The lowest BCUT2D eigenvalue weighted by molar-refractivity contribution is -0.187. The van der Waals surface area contributed by atoms with Crippen molar-refractivity contribution in [2.75, 3.05) is 20.2 Å². The van der Waals surface area contributed by atoms with Crippen LogP contribution in [0.15, 0.2) is 24.3 Å². The standard InChI is InChI=1S/C16H19F3N2O4/c1-9(10-4-3-5-11(6-10)25-2)20-15(24)21-7-12(14(22)23)13(8-21)16(17,18)19/h3-6,9,12-13H,7-8H2,1-2H3,(H,20,24)(H,22,23)/t9?,12-,13-/m1/s1. The zero-order chi connectivity index (χ0) is 18.8. The van der Waals surface area contributed by atoms with Crippen molar-refractivity contribution in [3.05, 3.63) is 29.8 Å². The smallest absolute Gasteiger partial charge is 0.394 e. The van der Waals surface area contributed by atoms with E-state index in [-0.39, 0.29) is 0 Å². The molecule has 25 heavy (non-hydrogen) atoms. The van der Waals surface area contributed by atoms with Crippen LogP contribution in [0.2, 0.25) is 0 Å². The number of amides is 2. The zero-order valence-corrected chi connectivity index (χ0v) is 13.7. The van der Waals surface area contributed by atoms with Gasteiger partial charge in [0, 0.05) is 13.1 Å². The molecule has 1 unspecified atom stereocenters. The maximum absolute atomic E-state index is 13.0. The largest absolute Gasteiger partial charge is 0.497 e. The fourth-order valence-corrected chi connectivity index (χ4v) is 2.82. The first-order valence-electron chi connectivity index (χ1n) is 7.62. The maximum atomic E-state index is 13.0. The Morgan fingerprint density at radius 3 is 2.56 bits per heavy atom. The number of likely N-dealkylation sites (tertiary alicyclic amines) is 1. The summed E-state index contributed by atoms with van der Waals surface area (Å²) in [5, 5.41) is 11.6. The minimum atomic E-state index is -4.67. The Morgan fingerprint density at radius 1 is 1.36 bits per heavy atom. The van der Waals surface area contributed by atoms with Gasteiger partial charge < -0.3 is 20.1 Å². The summed E-state index contributed by atoms with van der Waals surface area (Å²) in [6.07, 6.45) is -4.67. The van der Waals surface area contributed by atoms with Gasteiger partial charge in [0.25, 0.3) is 0 Å². The van der Waals surface area contributed by atoms with Gasteiger partial charge in [-0.05, 0) is 24.6 Å². The van der Waals surface area contributed by atoms with Crippen LogP contribution in [0.5, 0.6) is 5.75 Å². The molecule has 1 saturated heterocycles. The topological polar surface area (TPSA) is 78.9 Å². The Hall–Kier alpha value is -2.45. The molecule has 3 atom stereocenters. The highest BCUT2D eigenvalue weighted by molar-refractivity contribution is 5.78. The maximum Gasteiger partial charge on any atom is 0.394 e. The summed E-state index contributed by atoms with van der Waals surface area (Å²) in [5.41, 5.74) is 0.717. The van der Waals surface area contributed by atoms with Crippen LogP contribution < -0.4 is 10.1 Å². The number of methoxy groups -OCH3 is 1. The van der Waals surface area contributed by atoms with Crippen LogP contribution in [0.1, 0.15) is 18.5 Å². The van der Waals surface area contributed by atoms with Gasteiger partial charge in [-0.15, -0.1) is 0 Å². The molecular weight excluding hydrogens is 341 g/mol. The van der Waals surface area contributed by atoms with Gasteiger partial charge >= 0.3 is 18.2 Å². The van der Waals surface area contributed by atoms with Crippen molar-refractivity contribution in [1.29, 1.82) is 0 Å². The molecular formula is C16H19F3N2O4. The molecule has 9 heteroatoms. The van der Waals surface area contributed by atoms with Crippen molar-refractivity contribution in [2.24, 2.45) is 11.8 Å². The number of nitrogens with zero attached hydrogens (tertiary/aromatic N) is 1. The van der Waals surface area contributed by atoms with Crippen LogP contribution in [0.4, 0.5) is 18.0 Å². The van der Waals surface area contributed by atoms with Crippen LogP contribution in [0.25, 0.3) is 0 Å². The Bertz CT molecular complexity index is 651. The SMILES string of the molecule is COc1cccc(C(C)NC(=O)N2C[C@@H](C(F)(F)F)[C@H](C(=O)O)C2)c1. The molecule has 2 rings (SSSR count). The van der Waals surface area contributed by atoms with Gasteiger partial charge in [-0.1, -0.05) is 12.1 Å². The number of carbonyl (C=O) groups excluding carboxylic acids is 1. The zero-order valence-electron chi connectivity index (χ0n) is 13.7. The molecule has 2 N–H and O–H groups in total. The predicted molar refractivity (Wildman–Crippen MR) is 82.2 cm³/mol. The lowest BCUT2D eigenvalue weighted by Gasteiger charge is -2.22. The fraction of sp³-hybridized carbons (Fsp3) is 0.500. The number of carboxylic acid groups (broad SMARTS) is 1. The van der Waals surface area contributed by atoms with Gasteiger partial charge in [0.15, 0.2) is 0 Å². The van der Waals surface area contributed by atoms with E-state index in [1.807, 2.05) is 0 Å². The van der Waals surface area contributed by atoms with Crippen molar-refractivity contribution in [1.82, 2.24) is 10.2 Å². The summed E-state index contributed by atoms with van der Waals surface area (Å²) in [5.74, 6) is -4.69. The van der Waals surface area contributed by atoms with E-state index < -0.39 is 49.1 Å². The molecule has 0 radical (unpaired) electrons. The number of halogens is 3. The molecule has 1 aliphatic rings. The van der Waals surface area contributed by atoms with Crippen LogP contribution >= 0.6 is 0 Å². The number of aliphatic carboxylic acids is 1. The highest BCUT2D eigenvalue weighted by Gasteiger charge is 2.53. The molecule has 0 spiro atoms. The number of nitrogens with one attached hydrogen (secondary N) is 1. The second kappa shape index (κ2) is 7.20. The number of rotatable bonds is 4. The van der Waals surface area contributed by atoms with Crippen LogP contribution in [-0.2, 0) is 4.79 Å². The summed E-state index contributed by atoms with van der Waals surface area (Å²) >= 11 is 0. The molecule has 0 bridgehead atoms. The molecule has 1 aliphatic heterocycles. The van der Waals surface area contributed by atoms with Crippen molar-refractivity contribution >= 4 is 12.0 Å². The summed E-state index contributed by atoms with van der Waals surface area (Å²) < 4.78 is 44.0. The van der Waals surface area contributed by atoms with Gasteiger partial charge in [0.05, 0.1) is 25.0 Å². The van der Waals surface area contributed by atoms with Crippen molar-refractivity contribution in [3.8, 4) is 5.75 Å². The number of ether oxygens (including phenoxy) is 1. The average molecular weight is 360 g/mol. The third kappa shape index (κ3) is 4.34.